The first-order valence-electron chi connectivity index (χ1n) is 11.1. The van der Waals surface area contributed by atoms with Gasteiger partial charge in [-0.3, -0.25) is 4.79 Å². The molecule has 6 nitrogen and oxygen atoms in total. The average Bonchev–Trinajstić information content (AvgIpc) is 2.87. The molecule has 0 bridgehead atoms. The quantitative estimate of drug-likeness (QED) is 0.305. The van der Waals surface area contributed by atoms with Crippen LogP contribution in [-0.2, 0) is 21.2 Å². The van der Waals surface area contributed by atoms with E-state index in [4.69, 9.17) is 21.1 Å². The normalized spacial score (nSPS) is 11.4. The molecule has 0 atom stereocenters. The highest BCUT2D eigenvalue weighted by Gasteiger charge is 2.29. The summed E-state index contributed by atoms with van der Waals surface area (Å²) in [7, 11) is -1.15. The monoisotopic (exact) mass is 513 g/mol. The smallest absolute Gasteiger partial charge is 0.271 e. The molecule has 184 valence electrons. The Bertz CT molecular complexity index is 1290. The van der Waals surface area contributed by atoms with Crippen molar-refractivity contribution >= 4 is 39.3 Å². The summed E-state index contributed by atoms with van der Waals surface area (Å²) < 4.78 is 38.4. The maximum atomic E-state index is 13.5. The predicted octanol–water partition coefficient (Wildman–Crippen LogP) is 6.14. The number of anilines is 1. The van der Waals surface area contributed by atoms with Gasteiger partial charge in [-0.25, -0.2) is 8.42 Å². The van der Waals surface area contributed by atoms with Crippen LogP contribution in [0.25, 0.3) is 6.08 Å². The molecule has 8 heteroatoms. The van der Waals surface area contributed by atoms with Crippen molar-refractivity contribution in [3.05, 3.63) is 89.0 Å². The molecule has 0 spiro atoms. The number of hydrogen-bond acceptors (Lipinski definition) is 5. The fraction of sp³-hybridized carbons (Fsp3) is 0.222. The summed E-state index contributed by atoms with van der Waals surface area (Å²) >= 11 is 5.94. The number of aryl methyl sites for hydroxylation is 1. The Morgan fingerprint density at radius 3 is 2.20 bits per heavy atom. The summed E-state index contributed by atoms with van der Waals surface area (Å²) in [5.74, 6) is 0.331. The number of benzene rings is 3. The molecule has 0 saturated heterocycles. The van der Waals surface area contributed by atoms with E-state index < -0.39 is 15.9 Å². The van der Waals surface area contributed by atoms with Crippen LogP contribution in [-0.4, -0.2) is 28.5 Å². The van der Waals surface area contributed by atoms with Crippen LogP contribution in [0.15, 0.2) is 77.7 Å². The van der Waals surface area contributed by atoms with Crippen molar-refractivity contribution in [3.63, 3.8) is 0 Å². The van der Waals surface area contributed by atoms with Crippen LogP contribution >= 0.6 is 11.6 Å². The number of nitrogens with zero attached hydrogens (tertiary/aromatic N) is 1. The summed E-state index contributed by atoms with van der Waals surface area (Å²) in [4.78, 5) is 13.3. The van der Waals surface area contributed by atoms with E-state index in [9.17, 15) is 13.2 Å². The van der Waals surface area contributed by atoms with Crippen LogP contribution in [0.4, 0.5) is 5.69 Å². The molecule has 0 unspecified atom stereocenters. The number of ether oxygens (including phenoxy) is 2. The van der Waals surface area contributed by atoms with Crippen LogP contribution in [0, 0.1) is 0 Å². The van der Waals surface area contributed by atoms with Gasteiger partial charge in [-0.05, 0) is 78.6 Å². The molecule has 0 aliphatic rings. The zero-order valence-corrected chi connectivity index (χ0v) is 21.5. The van der Waals surface area contributed by atoms with Gasteiger partial charge < -0.3 is 9.47 Å². The molecule has 0 N–H and O–H groups in total. The summed E-state index contributed by atoms with van der Waals surface area (Å²) in [5.41, 5.74) is 1.98. The number of carbonyl (C=O) groups excluding carboxylic acids is 1. The Morgan fingerprint density at radius 1 is 0.943 bits per heavy atom. The Labute approximate surface area is 211 Å². The molecule has 0 aliphatic carbocycles. The topological polar surface area (TPSA) is 72.9 Å². The van der Waals surface area contributed by atoms with E-state index in [0.717, 1.165) is 29.1 Å². The predicted molar refractivity (Wildman–Crippen MR) is 140 cm³/mol. The molecule has 0 radical (unpaired) electrons. The first-order valence-corrected chi connectivity index (χ1v) is 13.0. The Morgan fingerprint density at radius 2 is 1.60 bits per heavy atom. The van der Waals surface area contributed by atoms with Crippen LogP contribution in [0.1, 0.15) is 30.9 Å². The van der Waals surface area contributed by atoms with Gasteiger partial charge in [-0.1, -0.05) is 43.1 Å². The van der Waals surface area contributed by atoms with Crippen LogP contribution in [0.3, 0.4) is 0 Å². The zero-order valence-electron chi connectivity index (χ0n) is 19.9. The maximum absolute atomic E-state index is 13.5. The van der Waals surface area contributed by atoms with Gasteiger partial charge in [0.25, 0.3) is 15.9 Å². The highest BCUT2D eigenvalue weighted by atomic mass is 35.5. The van der Waals surface area contributed by atoms with Gasteiger partial charge in [0.15, 0.2) is 11.5 Å². The van der Waals surface area contributed by atoms with Gasteiger partial charge >= 0.3 is 0 Å². The minimum atomic E-state index is -4.20. The molecular formula is C27H28ClNO5S. The van der Waals surface area contributed by atoms with Gasteiger partial charge in [-0.15, -0.1) is 0 Å². The Balaban J connectivity index is 1.99. The molecular weight excluding hydrogens is 486 g/mol. The highest BCUT2D eigenvalue weighted by Crippen LogP contribution is 2.29. The van der Waals surface area contributed by atoms with E-state index in [2.05, 4.69) is 6.92 Å². The minimum Gasteiger partial charge on any atom is -0.493 e. The molecule has 3 aromatic rings. The van der Waals surface area contributed by atoms with E-state index in [0.29, 0.717) is 22.1 Å². The van der Waals surface area contributed by atoms with Crippen molar-refractivity contribution in [1.29, 1.82) is 0 Å². The standard InChI is InChI=1S/C27H28ClNO5S/c1-4-5-6-20-7-13-23(14-8-20)29(35(31,32)24-15-11-22(28)12-16-24)27(30)18-10-21-9-17-25(33-2)26(19-21)34-3/h7-19H,4-6H2,1-3H3/b18-10+. The number of rotatable bonds is 10. The molecule has 0 heterocycles. The third-order valence-electron chi connectivity index (χ3n) is 5.37. The lowest BCUT2D eigenvalue weighted by Crippen LogP contribution is -2.35. The first kappa shape index (κ1) is 26.3. The highest BCUT2D eigenvalue weighted by molar-refractivity contribution is 7.93. The summed E-state index contributed by atoms with van der Waals surface area (Å²) in [5, 5.41) is 0.399. The van der Waals surface area contributed by atoms with Crippen molar-refractivity contribution in [2.24, 2.45) is 0 Å². The number of unbranched alkanes of at least 4 members (excludes halogenated alkanes) is 1. The molecule has 0 aromatic heterocycles. The lowest BCUT2D eigenvalue weighted by atomic mass is 10.1. The van der Waals surface area contributed by atoms with E-state index in [1.54, 1.807) is 30.3 Å². The van der Waals surface area contributed by atoms with Crippen LogP contribution in [0.2, 0.25) is 5.02 Å². The zero-order chi connectivity index (χ0) is 25.4. The maximum Gasteiger partial charge on any atom is 0.271 e. The number of amides is 1. The summed E-state index contributed by atoms with van der Waals surface area (Å²) in [6.07, 6.45) is 5.72. The van der Waals surface area contributed by atoms with E-state index in [1.165, 1.54) is 50.6 Å². The second-order valence-corrected chi connectivity index (χ2v) is 10.0. The van der Waals surface area contributed by atoms with Crippen molar-refractivity contribution in [3.8, 4) is 11.5 Å². The number of carbonyl (C=O) groups is 1. The Kier molecular flexibility index (Phi) is 8.95. The van der Waals surface area contributed by atoms with Crippen molar-refractivity contribution in [1.82, 2.24) is 0 Å². The van der Waals surface area contributed by atoms with Crippen molar-refractivity contribution in [2.75, 3.05) is 18.5 Å². The lowest BCUT2D eigenvalue weighted by molar-refractivity contribution is -0.113. The second-order valence-electron chi connectivity index (χ2n) is 7.78. The number of methoxy groups -OCH3 is 2. The van der Waals surface area contributed by atoms with E-state index >= 15 is 0 Å². The molecule has 0 aliphatic heterocycles. The lowest BCUT2D eigenvalue weighted by Gasteiger charge is -2.22. The van der Waals surface area contributed by atoms with Crippen molar-refractivity contribution in [2.45, 2.75) is 31.1 Å². The number of sulfonamides is 1. The Hall–Kier alpha value is -3.29. The van der Waals surface area contributed by atoms with E-state index in [-0.39, 0.29) is 10.6 Å². The molecule has 35 heavy (non-hydrogen) atoms. The van der Waals surface area contributed by atoms with Gasteiger partial charge in [-0.2, -0.15) is 4.31 Å². The molecule has 0 fully saturated rings. The van der Waals surface area contributed by atoms with Crippen LogP contribution < -0.4 is 13.8 Å². The van der Waals surface area contributed by atoms with Crippen molar-refractivity contribution < 1.29 is 22.7 Å². The molecule has 3 rings (SSSR count). The fourth-order valence-electron chi connectivity index (χ4n) is 3.47. The summed E-state index contributed by atoms with van der Waals surface area (Å²) in [6, 6.07) is 17.9. The third kappa shape index (κ3) is 6.44. The fourth-order valence-corrected chi connectivity index (χ4v) is 4.98. The van der Waals surface area contributed by atoms with E-state index in [1.807, 2.05) is 12.1 Å². The third-order valence-corrected chi connectivity index (χ3v) is 7.36. The largest absolute Gasteiger partial charge is 0.493 e. The summed E-state index contributed by atoms with van der Waals surface area (Å²) in [6.45, 7) is 2.11. The molecule has 0 saturated carbocycles. The van der Waals surface area contributed by atoms with Crippen LogP contribution in [0.5, 0.6) is 11.5 Å². The number of halogens is 1. The van der Waals surface area contributed by atoms with Gasteiger partial charge in [0.2, 0.25) is 0 Å². The molecule has 3 aromatic carbocycles. The second kappa shape index (κ2) is 11.9. The minimum absolute atomic E-state index is 0.0372. The number of hydrogen-bond donors (Lipinski definition) is 0. The van der Waals surface area contributed by atoms with Gasteiger partial charge in [0, 0.05) is 11.1 Å². The average molecular weight is 514 g/mol. The SMILES string of the molecule is CCCCc1ccc(N(C(=O)/C=C/c2ccc(OC)c(OC)c2)S(=O)(=O)c2ccc(Cl)cc2)cc1. The van der Waals surface area contributed by atoms with Gasteiger partial charge in [0.1, 0.15) is 0 Å². The van der Waals surface area contributed by atoms with Gasteiger partial charge in [0.05, 0.1) is 24.8 Å². The molecule has 1 amide bonds. The first-order chi connectivity index (χ1) is 16.8.